The summed E-state index contributed by atoms with van der Waals surface area (Å²) in [6.45, 7) is 2.36. The number of carbonyl (C=O) groups is 1. The first-order valence-corrected chi connectivity index (χ1v) is 14.6. The predicted octanol–water partition coefficient (Wildman–Crippen LogP) is 6.16. The van der Waals surface area contributed by atoms with Crippen LogP contribution in [0.4, 0.5) is 13.2 Å². The summed E-state index contributed by atoms with van der Waals surface area (Å²) < 4.78 is 44.8. The third-order valence-corrected chi connectivity index (χ3v) is 8.48. The Kier molecular flexibility index (Phi) is 9.25. The van der Waals surface area contributed by atoms with E-state index in [0.717, 1.165) is 35.7 Å². The van der Waals surface area contributed by atoms with Crippen LogP contribution in [0.2, 0.25) is 5.02 Å². The first-order valence-electron chi connectivity index (χ1n) is 14.2. The lowest BCUT2D eigenvalue weighted by molar-refractivity contribution is -0.137. The molecule has 5 rings (SSSR count). The molecule has 2 aliphatic rings. The topological polar surface area (TPSA) is 53.6 Å². The van der Waals surface area contributed by atoms with Gasteiger partial charge in [0.1, 0.15) is 5.75 Å². The van der Waals surface area contributed by atoms with Gasteiger partial charge in [0.25, 0.3) is 5.91 Å². The van der Waals surface area contributed by atoms with Crippen LogP contribution in [-0.4, -0.2) is 50.1 Å². The maximum Gasteiger partial charge on any atom is 0.417 e. The monoisotopic (exact) mass is 597 g/mol. The molecular formula is C33H35ClF3N3O2. The minimum Gasteiger partial charge on any atom is -0.492 e. The third kappa shape index (κ3) is 6.83. The number of carbonyl (C=O) groups excluding carboxylic acids is 1. The number of hydrogen-bond acceptors (Lipinski definition) is 4. The van der Waals surface area contributed by atoms with Gasteiger partial charge in [-0.25, -0.2) is 0 Å². The van der Waals surface area contributed by atoms with Gasteiger partial charge in [-0.3, -0.25) is 10.1 Å². The molecule has 222 valence electrons. The lowest BCUT2D eigenvalue weighted by Gasteiger charge is -2.47. The van der Waals surface area contributed by atoms with E-state index in [1.54, 1.807) is 0 Å². The molecule has 3 aromatic carbocycles. The Hall–Kier alpha value is -3.33. The second kappa shape index (κ2) is 12.9. The number of fused-ring (bicyclic) bond motifs is 2. The molecule has 2 heterocycles. The fraction of sp³-hybridized carbons (Fsp3) is 0.364. The number of aryl methyl sites for hydroxylation is 1. The highest BCUT2D eigenvalue weighted by Gasteiger charge is 2.42. The molecule has 9 heteroatoms. The van der Waals surface area contributed by atoms with E-state index >= 15 is 0 Å². The van der Waals surface area contributed by atoms with Crippen molar-refractivity contribution in [2.75, 3.05) is 33.3 Å². The van der Waals surface area contributed by atoms with Gasteiger partial charge in [0.05, 0.1) is 28.8 Å². The van der Waals surface area contributed by atoms with Gasteiger partial charge >= 0.3 is 6.18 Å². The molecule has 1 fully saturated rings. The van der Waals surface area contributed by atoms with Crippen LogP contribution in [0.3, 0.4) is 0 Å². The lowest BCUT2D eigenvalue weighted by atomic mass is 9.78. The first kappa shape index (κ1) is 30.1. The average Bonchev–Trinajstić information content (AvgIpc) is 2.99. The first-order chi connectivity index (χ1) is 20.2. The largest absolute Gasteiger partial charge is 0.492 e. The van der Waals surface area contributed by atoms with Crippen molar-refractivity contribution >= 4 is 17.5 Å². The number of halogens is 4. The fourth-order valence-corrected chi connectivity index (χ4v) is 5.99. The van der Waals surface area contributed by atoms with Crippen molar-refractivity contribution in [2.45, 2.75) is 43.4 Å². The second-order valence-electron chi connectivity index (χ2n) is 11.0. The summed E-state index contributed by atoms with van der Waals surface area (Å²) in [5.41, 5.74) is 3.09. The smallest absolute Gasteiger partial charge is 0.417 e. The van der Waals surface area contributed by atoms with Gasteiger partial charge in [-0.15, -0.1) is 0 Å². The van der Waals surface area contributed by atoms with E-state index in [-0.39, 0.29) is 29.8 Å². The minimum atomic E-state index is -4.52. The molecule has 5 nitrogen and oxygen atoms in total. The van der Waals surface area contributed by atoms with Gasteiger partial charge in [-0.2, -0.15) is 13.2 Å². The van der Waals surface area contributed by atoms with Crippen molar-refractivity contribution in [3.8, 4) is 5.75 Å². The summed E-state index contributed by atoms with van der Waals surface area (Å²) in [4.78, 5) is 15.1. The fourth-order valence-electron chi connectivity index (χ4n) is 5.70. The van der Waals surface area contributed by atoms with Crippen molar-refractivity contribution in [1.82, 2.24) is 15.5 Å². The highest BCUT2D eigenvalue weighted by molar-refractivity contribution is 6.32. The van der Waals surface area contributed by atoms with Crippen molar-refractivity contribution in [3.63, 3.8) is 0 Å². The maximum atomic E-state index is 13.3. The van der Waals surface area contributed by atoms with E-state index in [0.29, 0.717) is 32.4 Å². The maximum absolute atomic E-state index is 13.3. The zero-order valence-electron chi connectivity index (χ0n) is 23.5. The number of benzene rings is 3. The molecular weight excluding hydrogens is 563 g/mol. The van der Waals surface area contributed by atoms with Gasteiger partial charge in [-0.05, 0) is 54.5 Å². The Bertz CT molecular complexity index is 1410. The van der Waals surface area contributed by atoms with Crippen LogP contribution < -0.4 is 15.4 Å². The molecule has 1 amide bonds. The quantitative estimate of drug-likeness (QED) is 0.275. The Morgan fingerprint density at radius 1 is 1.02 bits per heavy atom. The molecule has 2 aliphatic heterocycles. The highest BCUT2D eigenvalue weighted by Crippen LogP contribution is 2.39. The molecule has 42 heavy (non-hydrogen) atoms. The van der Waals surface area contributed by atoms with Crippen molar-refractivity contribution < 1.29 is 22.7 Å². The Morgan fingerprint density at radius 2 is 1.76 bits per heavy atom. The predicted molar refractivity (Wildman–Crippen MR) is 159 cm³/mol. The molecule has 0 spiro atoms. The Balaban J connectivity index is 1.16. The molecule has 0 aliphatic carbocycles. The van der Waals surface area contributed by atoms with Crippen LogP contribution in [0.25, 0.3) is 0 Å². The van der Waals surface area contributed by atoms with E-state index in [1.165, 1.54) is 17.7 Å². The summed E-state index contributed by atoms with van der Waals surface area (Å²) in [5, 5.41) is 6.88. The standard InChI is InChI=1S/C33H35ClF3N3O2/c1-40(19-17-23-7-3-2-4-8-23)31(41)26-16-18-32(22-38-21-28(26)39-32)25-14-12-24(13-15-25)9-6-20-42-29-11-5-10-27(30(29)34)33(35,36)37/h2-5,7-8,10-16,28,38-39H,6,9,17-22H2,1H3. The van der Waals surface area contributed by atoms with E-state index in [9.17, 15) is 18.0 Å². The molecule has 0 saturated carbocycles. The van der Waals surface area contributed by atoms with E-state index in [2.05, 4.69) is 53.1 Å². The average molecular weight is 598 g/mol. The van der Waals surface area contributed by atoms with Crippen LogP contribution >= 0.6 is 11.6 Å². The molecule has 2 N–H and O–H groups in total. The molecule has 0 aromatic heterocycles. The summed E-state index contributed by atoms with van der Waals surface area (Å²) in [6, 6.07) is 22.2. The number of piperazine rings is 1. The lowest BCUT2D eigenvalue weighted by Crippen LogP contribution is -2.65. The van der Waals surface area contributed by atoms with Crippen LogP contribution in [0.1, 0.15) is 35.1 Å². The van der Waals surface area contributed by atoms with Crippen LogP contribution in [-0.2, 0) is 29.4 Å². The second-order valence-corrected chi connectivity index (χ2v) is 11.4. The zero-order valence-corrected chi connectivity index (χ0v) is 24.3. The Morgan fingerprint density at radius 3 is 2.50 bits per heavy atom. The summed E-state index contributed by atoms with van der Waals surface area (Å²) >= 11 is 5.92. The SMILES string of the molecule is CN(CCc1ccccc1)C(=O)C1=CCC2(c3ccc(CCCOc4cccc(C(F)(F)F)c4Cl)cc3)CNCC1N2. The van der Waals surface area contributed by atoms with Gasteiger partial charge in [-0.1, -0.05) is 78.3 Å². The number of alkyl halides is 3. The summed E-state index contributed by atoms with van der Waals surface area (Å²) in [6.07, 6.45) is 0.443. The van der Waals surface area contributed by atoms with Crippen LogP contribution in [0.5, 0.6) is 5.75 Å². The van der Waals surface area contributed by atoms with Gasteiger partial charge in [0, 0.05) is 32.3 Å². The summed E-state index contributed by atoms with van der Waals surface area (Å²) in [5.74, 6) is 0.0988. The van der Waals surface area contributed by atoms with Gasteiger partial charge in [0.15, 0.2) is 0 Å². The Labute approximate surface area is 249 Å². The highest BCUT2D eigenvalue weighted by atomic mass is 35.5. The molecule has 2 unspecified atom stereocenters. The molecule has 3 aromatic rings. The number of likely N-dealkylation sites (N-methyl/N-ethyl adjacent to an activating group) is 1. The van der Waals surface area contributed by atoms with Crippen molar-refractivity contribution in [1.29, 1.82) is 0 Å². The number of rotatable bonds is 10. The van der Waals surface area contributed by atoms with E-state index in [4.69, 9.17) is 16.3 Å². The normalized spacial score (nSPS) is 20.1. The number of nitrogens with one attached hydrogen (secondary N) is 2. The van der Waals surface area contributed by atoms with Crippen LogP contribution in [0, 0.1) is 0 Å². The number of ether oxygens (including phenoxy) is 1. The number of amides is 1. The zero-order chi connectivity index (χ0) is 29.7. The van der Waals surface area contributed by atoms with Gasteiger partial charge < -0.3 is 15.0 Å². The number of hydrogen-bond donors (Lipinski definition) is 2. The molecule has 2 bridgehead atoms. The molecule has 2 atom stereocenters. The summed E-state index contributed by atoms with van der Waals surface area (Å²) in [7, 11) is 1.86. The minimum absolute atomic E-state index is 0.0389. The van der Waals surface area contributed by atoms with E-state index < -0.39 is 16.8 Å². The van der Waals surface area contributed by atoms with Gasteiger partial charge in [0.2, 0.25) is 0 Å². The number of nitrogens with zero attached hydrogens (tertiary/aromatic N) is 1. The van der Waals surface area contributed by atoms with E-state index in [1.807, 2.05) is 30.1 Å². The third-order valence-electron chi connectivity index (χ3n) is 8.09. The van der Waals surface area contributed by atoms with Crippen LogP contribution in [0.15, 0.2) is 84.4 Å². The van der Waals surface area contributed by atoms with Crippen molar-refractivity contribution in [2.24, 2.45) is 0 Å². The van der Waals surface area contributed by atoms with Crippen molar-refractivity contribution in [3.05, 3.63) is 112 Å². The molecule has 0 radical (unpaired) electrons. The molecule has 1 saturated heterocycles.